The number of rotatable bonds is 6. The summed E-state index contributed by atoms with van der Waals surface area (Å²) in [4.78, 5) is 0. The molecule has 0 aromatic heterocycles. The smallest absolute Gasteiger partial charge is 0.200 e. The van der Waals surface area contributed by atoms with Crippen LogP contribution in [0, 0.1) is 5.92 Å². The van der Waals surface area contributed by atoms with E-state index in [1.807, 2.05) is 0 Å². The summed E-state index contributed by atoms with van der Waals surface area (Å²) in [5.74, 6) is -37.8. The van der Waals surface area contributed by atoms with Gasteiger partial charge in [0.05, 0.1) is 0 Å². The molecule has 0 saturated heterocycles. The van der Waals surface area contributed by atoms with Crippen LogP contribution in [0.2, 0.25) is 0 Å². The van der Waals surface area contributed by atoms with Gasteiger partial charge in [-0.1, -0.05) is 13.8 Å². The summed E-state index contributed by atoms with van der Waals surface area (Å²) in [6.07, 6.45) is -9.52. The molecule has 0 rings (SSSR count). The van der Waals surface area contributed by atoms with Crippen molar-refractivity contribution in [2.45, 2.75) is 56.1 Å². The zero-order valence-corrected chi connectivity index (χ0v) is 11.2. The SMILES string of the molecule is CC(C)CC(F)(F)C(F)(F)C(F)(F)C(F)(F)C(F)(F)C(F)(F)F. The first kappa shape index (κ1) is 22.1. The van der Waals surface area contributed by atoms with E-state index in [4.69, 9.17) is 0 Å². The Hall–Kier alpha value is -0.910. The zero-order chi connectivity index (χ0) is 19.3. The highest BCUT2D eigenvalue weighted by atomic mass is 19.4. The van der Waals surface area contributed by atoms with Crippen molar-refractivity contribution in [2.24, 2.45) is 5.92 Å². The molecule has 0 atom stereocenters. The second-order valence-corrected chi connectivity index (χ2v) is 5.10. The van der Waals surface area contributed by atoms with Gasteiger partial charge in [0.15, 0.2) is 0 Å². The maximum absolute atomic E-state index is 13.1. The fourth-order valence-corrected chi connectivity index (χ4v) is 1.44. The van der Waals surface area contributed by atoms with Gasteiger partial charge >= 0.3 is 35.8 Å². The third-order valence-corrected chi connectivity index (χ3v) is 2.66. The van der Waals surface area contributed by atoms with Gasteiger partial charge in [-0.05, 0) is 5.92 Å². The monoisotopic (exact) mass is 376 g/mol. The van der Waals surface area contributed by atoms with Gasteiger partial charge in [-0.2, -0.15) is 57.1 Å². The molecule has 0 aromatic carbocycles. The molecule has 0 amide bonds. The van der Waals surface area contributed by atoms with Crippen molar-refractivity contribution in [3.63, 3.8) is 0 Å². The Morgan fingerprint density at radius 2 is 0.826 bits per heavy atom. The largest absolute Gasteiger partial charge is 0.460 e. The van der Waals surface area contributed by atoms with Crippen LogP contribution >= 0.6 is 0 Å². The third kappa shape index (κ3) is 3.19. The maximum Gasteiger partial charge on any atom is 0.460 e. The van der Waals surface area contributed by atoms with Gasteiger partial charge in [-0.25, -0.2) is 0 Å². The molecule has 0 fully saturated rings. The summed E-state index contributed by atoms with van der Waals surface area (Å²) in [5.41, 5.74) is 0. The average Bonchev–Trinajstić information content (AvgIpc) is 2.24. The fraction of sp³-hybridized carbons (Fsp3) is 1.00. The number of hydrogen-bond donors (Lipinski definition) is 0. The quantitative estimate of drug-likeness (QED) is 0.517. The predicted octanol–water partition coefficient (Wildman–Crippen LogP) is 5.77. The highest BCUT2D eigenvalue weighted by molar-refractivity contribution is 5.10. The van der Waals surface area contributed by atoms with Gasteiger partial charge in [0.2, 0.25) is 0 Å². The molecule has 13 heteroatoms. The van der Waals surface area contributed by atoms with Gasteiger partial charge in [-0.15, -0.1) is 0 Å². The molecule has 0 aliphatic carbocycles. The molecule has 0 N–H and O–H groups in total. The van der Waals surface area contributed by atoms with E-state index >= 15 is 0 Å². The van der Waals surface area contributed by atoms with Gasteiger partial charge in [-0.3, -0.25) is 0 Å². The average molecular weight is 376 g/mol. The highest BCUT2D eigenvalue weighted by Gasteiger charge is 2.90. The van der Waals surface area contributed by atoms with Gasteiger partial charge in [0, 0.05) is 6.42 Å². The highest BCUT2D eigenvalue weighted by Crippen LogP contribution is 2.60. The molecule has 0 spiro atoms. The molecule has 0 radical (unpaired) electrons. The molecule has 0 heterocycles. The van der Waals surface area contributed by atoms with Crippen molar-refractivity contribution in [2.75, 3.05) is 0 Å². The van der Waals surface area contributed by atoms with Crippen molar-refractivity contribution in [1.29, 1.82) is 0 Å². The van der Waals surface area contributed by atoms with Crippen LogP contribution in [0.3, 0.4) is 0 Å². The van der Waals surface area contributed by atoms with E-state index in [9.17, 15) is 57.1 Å². The van der Waals surface area contributed by atoms with E-state index in [0.29, 0.717) is 0 Å². The lowest BCUT2D eigenvalue weighted by Gasteiger charge is -2.40. The molecule has 0 nitrogen and oxygen atoms in total. The van der Waals surface area contributed by atoms with Crippen LogP contribution < -0.4 is 0 Å². The van der Waals surface area contributed by atoms with Crippen LogP contribution in [0.5, 0.6) is 0 Å². The molecule has 0 aliphatic heterocycles. The molecule has 23 heavy (non-hydrogen) atoms. The van der Waals surface area contributed by atoms with Crippen molar-refractivity contribution < 1.29 is 57.1 Å². The van der Waals surface area contributed by atoms with Crippen molar-refractivity contribution >= 4 is 0 Å². The molecule has 0 saturated carbocycles. The van der Waals surface area contributed by atoms with E-state index in [2.05, 4.69) is 0 Å². The molecule has 0 bridgehead atoms. The van der Waals surface area contributed by atoms with E-state index in [-0.39, 0.29) is 0 Å². The van der Waals surface area contributed by atoms with Crippen molar-refractivity contribution in [1.82, 2.24) is 0 Å². The molecular weight excluding hydrogens is 367 g/mol. The van der Waals surface area contributed by atoms with Crippen LogP contribution in [0.4, 0.5) is 57.1 Å². The lowest BCUT2D eigenvalue weighted by Crippen LogP contribution is -2.70. The molecule has 0 aliphatic rings. The minimum absolute atomic E-state index is 0.782. The van der Waals surface area contributed by atoms with Crippen LogP contribution in [0.1, 0.15) is 20.3 Å². The van der Waals surface area contributed by atoms with Crippen LogP contribution in [-0.2, 0) is 0 Å². The minimum atomic E-state index is -7.82. The standard InChI is InChI=1S/C10H9F13/c1-4(2)3-5(11,12)6(13,14)7(15,16)8(17,18)9(19,20)10(21,22)23/h4H,3H2,1-2H3. The minimum Gasteiger partial charge on any atom is -0.200 e. The van der Waals surface area contributed by atoms with Crippen LogP contribution in [0.15, 0.2) is 0 Å². The van der Waals surface area contributed by atoms with Crippen molar-refractivity contribution in [3.8, 4) is 0 Å². The first-order chi connectivity index (χ1) is 9.67. The summed E-state index contributed by atoms with van der Waals surface area (Å²) in [5, 5.41) is 0. The van der Waals surface area contributed by atoms with Crippen molar-refractivity contribution in [3.05, 3.63) is 0 Å². The van der Waals surface area contributed by atoms with Crippen LogP contribution in [0.25, 0.3) is 0 Å². The first-order valence-electron chi connectivity index (χ1n) is 5.62. The topological polar surface area (TPSA) is 0 Å². The summed E-state index contributed by atoms with van der Waals surface area (Å²) in [6.45, 7) is 1.56. The van der Waals surface area contributed by atoms with Gasteiger partial charge < -0.3 is 0 Å². The summed E-state index contributed by atoms with van der Waals surface area (Å²) >= 11 is 0. The lowest BCUT2D eigenvalue weighted by molar-refractivity contribution is -0.440. The van der Waals surface area contributed by atoms with Crippen LogP contribution in [-0.4, -0.2) is 35.8 Å². The summed E-state index contributed by atoms with van der Waals surface area (Å²) in [7, 11) is 0. The van der Waals surface area contributed by atoms with Gasteiger partial charge in [0.25, 0.3) is 0 Å². The number of halogens is 13. The predicted molar refractivity (Wildman–Crippen MR) is 50.2 cm³/mol. The molecule has 0 unspecified atom stereocenters. The van der Waals surface area contributed by atoms with E-state index in [1.165, 1.54) is 0 Å². The van der Waals surface area contributed by atoms with E-state index < -0.39 is 48.1 Å². The summed E-state index contributed by atoms with van der Waals surface area (Å²) in [6, 6.07) is 0. The maximum atomic E-state index is 13.1. The molecule has 140 valence electrons. The Balaban J connectivity index is 6.14. The Labute approximate surface area is 120 Å². The zero-order valence-electron chi connectivity index (χ0n) is 11.2. The van der Waals surface area contributed by atoms with E-state index in [0.717, 1.165) is 13.8 Å². The first-order valence-corrected chi connectivity index (χ1v) is 5.62. The second-order valence-electron chi connectivity index (χ2n) is 5.10. The number of hydrogen-bond acceptors (Lipinski definition) is 0. The summed E-state index contributed by atoms with van der Waals surface area (Å²) < 4.78 is 164. The lowest BCUT2D eigenvalue weighted by atomic mass is 9.90. The number of alkyl halides is 13. The molecular formula is C10H9F13. The Morgan fingerprint density at radius 3 is 1.09 bits per heavy atom. The second kappa shape index (κ2) is 5.57. The third-order valence-electron chi connectivity index (χ3n) is 2.66. The van der Waals surface area contributed by atoms with Gasteiger partial charge in [0.1, 0.15) is 0 Å². The Bertz CT molecular complexity index is 417. The normalized spacial score (nSPS) is 16.2. The van der Waals surface area contributed by atoms with E-state index in [1.54, 1.807) is 0 Å². The fourth-order valence-electron chi connectivity index (χ4n) is 1.44. The Morgan fingerprint density at radius 1 is 0.522 bits per heavy atom. The molecule has 0 aromatic rings. The Kier molecular flexibility index (Phi) is 5.35.